The van der Waals surface area contributed by atoms with Crippen LogP contribution in [0, 0.1) is 5.92 Å². The van der Waals surface area contributed by atoms with Gasteiger partial charge >= 0.3 is 0 Å². The number of rotatable bonds is 7. The smallest absolute Gasteiger partial charge is 0.253 e. The molecule has 1 aliphatic rings. The second-order valence-electron chi connectivity index (χ2n) is 5.53. The maximum Gasteiger partial charge on any atom is 0.253 e. The summed E-state index contributed by atoms with van der Waals surface area (Å²) in [4.78, 5) is 12.3. The van der Waals surface area contributed by atoms with Gasteiger partial charge in [-0.2, -0.15) is 0 Å². The Bertz CT molecular complexity index is 427. The highest BCUT2D eigenvalue weighted by atomic mass is 16.1. The molecular weight excluding hydrogens is 236 g/mol. The van der Waals surface area contributed by atoms with E-state index in [0.717, 1.165) is 36.6 Å². The first-order valence-electron chi connectivity index (χ1n) is 7.34. The zero-order valence-corrected chi connectivity index (χ0v) is 11.9. The van der Waals surface area contributed by atoms with Crippen LogP contribution in [0.2, 0.25) is 0 Å². The molecule has 0 bridgehead atoms. The maximum atomic E-state index is 12.3. The third-order valence-electron chi connectivity index (χ3n) is 3.50. The molecule has 0 heterocycles. The van der Waals surface area contributed by atoms with Crippen LogP contribution in [0.4, 0.5) is 5.69 Å². The zero-order valence-electron chi connectivity index (χ0n) is 11.9. The fourth-order valence-electron chi connectivity index (χ4n) is 2.31. The SMILES string of the molecule is CCCNc1ccccc1C(=O)NC(C)CC1CC1. The highest BCUT2D eigenvalue weighted by Crippen LogP contribution is 2.33. The largest absolute Gasteiger partial charge is 0.384 e. The van der Waals surface area contributed by atoms with Crippen LogP contribution in [0.25, 0.3) is 0 Å². The number of hydrogen-bond acceptors (Lipinski definition) is 2. The van der Waals surface area contributed by atoms with E-state index < -0.39 is 0 Å². The van der Waals surface area contributed by atoms with Crippen molar-refractivity contribution in [2.24, 2.45) is 5.92 Å². The third kappa shape index (κ3) is 4.27. The van der Waals surface area contributed by atoms with Crippen LogP contribution >= 0.6 is 0 Å². The number of nitrogens with one attached hydrogen (secondary N) is 2. The molecular formula is C16H24N2O. The molecule has 19 heavy (non-hydrogen) atoms. The number of para-hydroxylation sites is 1. The molecule has 104 valence electrons. The molecule has 1 saturated carbocycles. The number of carbonyl (C=O) groups excluding carboxylic acids is 1. The van der Waals surface area contributed by atoms with Gasteiger partial charge in [0, 0.05) is 18.3 Å². The van der Waals surface area contributed by atoms with E-state index in [4.69, 9.17) is 0 Å². The Kier molecular flexibility index (Phi) is 4.83. The average Bonchev–Trinajstić information content (AvgIpc) is 3.20. The van der Waals surface area contributed by atoms with Crippen LogP contribution in [0.1, 0.15) is 49.9 Å². The molecule has 1 amide bonds. The summed E-state index contributed by atoms with van der Waals surface area (Å²) >= 11 is 0. The molecule has 1 aromatic rings. The van der Waals surface area contributed by atoms with Crippen LogP contribution in [0.15, 0.2) is 24.3 Å². The molecule has 3 heteroatoms. The Labute approximate surface area is 115 Å². The van der Waals surface area contributed by atoms with Crippen molar-refractivity contribution in [3.8, 4) is 0 Å². The molecule has 1 unspecified atom stereocenters. The topological polar surface area (TPSA) is 41.1 Å². The fraction of sp³-hybridized carbons (Fsp3) is 0.562. The maximum absolute atomic E-state index is 12.3. The van der Waals surface area contributed by atoms with Gasteiger partial charge in [-0.1, -0.05) is 31.9 Å². The molecule has 1 aliphatic carbocycles. The van der Waals surface area contributed by atoms with Gasteiger partial charge in [0.1, 0.15) is 0 Å². The Morgan fingerprint density at radius 2 is 2.11 bits per heavy atom. The second-order valence-corrected chi connectivity index (χ2v) is 5.53. The quantitative estimate of drug-likeness (QED) is 0.788. The Balaban J connectivity index is 1.96. The summed E-state index contributed by atoms with van der Waals surface area (Å²) in [6.07, 6.45) is 4.81. The van der Waals surface area contributed by atoms with Gasteiger partial charge in [0.25, 0.3) is 5.91 Å². The van der Waals surface area contributed by atoms with Crippen molar-refractivity contribution < 1.29 is 4.79 Å². The van der Waals surface area contributed by atoms with Crippen molar-refractivity contribution in [1.29, 1.82) is 0 Å². The van der Waals surface area contributed by atoms with Crippen LogP contribution in [0.3, 0.4) is 0 Å². The standard InChI is InChI=1S/C16H24N2O/c1-3-10-17-15-7-5-4-6-14(15)16(19)18-12(2)11-13-8-9-13/h4-7,12-13,17H,3,8-11H2,1-2H3,(H,18,19). The minimum absolute atomic E-state index is 0.0346. The minimum atomic E-state index is 0.0346. The lowest BCUT2D eigenvalue weighted by Crippen LogP contribution is -2.33. The van der Waals surface area contributed by atoms with Crippen molar-refractivity contribution in [1.82, 2.24) is 5.32 Å². The van der Waals surface area contributed by atoms with Crippen LogP contribution in [-0.4, -0.2) is 18.5 Å². The molecule has 1 atom stereocenters. The highest BCUT2D eigenvalue weighted by molar-refractivity contribution is 5.99. The molecule has 0 spiro atoms. The van der Waals surface area contributed by atoms with E-state index in [1.54, 1.807) is 0 Å². The number of amides is 1. The van der Waals surface area contributed by atoms with Crippen LogP contribution in [-0.2, 0) is 0 Å². The van der Waals surface area contributed by atoms with Gasteiger partial charge < -0.3 is 10.6 Å². The number of hydrogen-bond donors (Lipinski definition) is 2. The zero-order chi connectivity index (χ0) is 13.7. The molecule has 1 fully saturated rings. The lowest BCUT2D eigenvalue weighted by Gasteiger charge is -2.16. The minimum Gasteiger partial charge on any atom is -0.384 e. The van der Waals surface area contributed by atoms with Crippen molar-refractivity contribution in [2.75, 3.05) is 11.9 Å². The second kappa shape index (κ2) is 6.60. The first-order chi connectivity index (χ1) is 9.20. The first kappa shape index (κ1) is 13.9. The lowest BCUT2D eigenvalue weighted by atomic mass is 10.1. The predicted molar refractivity (Wildman–Crippen MR) is 79.5 cm³/mol. The molecule has 0 aromatic heterocycles. The van der Waals surface area contributed by atoms with Crippen molar-refractivity contribution in [3.63, 3.8) is 0 Å². The summed E-state index contributed by atoms with van der Waals surface area (Å²) < 4.78 is 0. The Morgan fingerprint density at radius 3 is 2.79 bits per heavy atom. The summed E-state index contributed by atoms with van der Waals surface area (Å²) in [6, 6.07) is 7.99. The van der Waals surface area contributed by atoms with E-state index in [2.05, 4.69) is 24.5 Å². The molecule has 3 nitrogen and oxygen atoms in total. The van der Waals surface area contributed by atoms with Gasteiger partial charge in [-0.25, -0.2) is 0 Å². The molecule has 2 N–H and O–H groups in total. The first-order valence-corrected chi connectivity index (χ1v) is 7.34. The van der Waals surface area contributed by atoms with Gasteiger partial charge in [-0.05, 0) is 37.8 Å². The van der Waals surface area contributed by atoms with E-state index in [9.17, 15) is 4.79 Å². The fourth-order valence-corrected chi connectivity index (χ4v) is 2.31. The Morgan fingerprint density at radius 1 is 1.37 bits per heavy atom. The third-order valence-corrected chi connectivity index (χ3v) is 3.50. The lowest BCUT2D eigenvalue weighted by molar-refractivity contribution is 0.0938. The average molecular weight is 260 g/mol. The molecule has 0 saturated heterocycles. The van der Waals surface area contributed by atoms with E-state index in [1.165, 1.54) is 12.8 Å². The summed E-state index contributed by atoms with van der Waals surface area (Å²) in [5.74, 6) is 0.871. The summed E-state index contributed by atoms with van der Waals surface area (Å²) in [5.41, 5.74) is 1.68. The van der Waals surface area contributed by atoms with Gasteiger partial charge in [-0.15, -0.1) is 0 Å². The molecule has 1 aromatic carbocycles. The number of benzene rings is 1. The molecule has 0 aliphatic heterocycles. The summed E-state index contributed by atoms with van der Waals surface area (Å²) in [7, 11) is 0. The van der Waals surface area contributed by atoms with Gasteiger partial charge in [0.2, 0.25) is 0 Å². The highest BCUT2D eigenvalue weighted by Gasteiger charge is 2.24. The van der Waals surface area contributed by atoms with Gasteiger partial charge in [0.15, 0.2) is 0 Å². The van der Waals surface area contributed by atoms with E-state index in [-0.39, 0.29) is 11.9 Å². The van der Waals surface area contributed by atoms with Gasteiger partial charge in [0.05, 0.1) is 5.56 Å². The summed E-state index contributed by atoms with van der Waals surface area (Å²) in [6.45, 7) is 5.10. The van der Waals surface area contributed by atoms with Gasteiger partial charge in [-0.3, -0.25) is 4.79 Å². The van der Waals surface area contributed by atoms with E-state index in [0.29, 0.717) is 0 Å². The van der Waals surface area contributed by atoms with E-state index in [1.807, 2.05) is 24.3 Å². The predicted octanol–water partition coefficient (Wildman–Crippen LogP) is 3.43. The summed E-state index contributed by atoms with van der Waals surface area (Å²) in [5, 5.41) is 6.41. The van der Waals surface area contributed by atoms with E-state index >= 15 is 0 Å². The Hall–Kier alpha value is -1.51. The van der Waals surface area contributed by atoms with Crippen LogP contribution in [0.5, 0.6) is 0 Å². The molecule has 0 radical (unpaired) electrons. The van der Waals surface area contributed by atoms with Crippen molar-refractivity contribution >= 4 is 11.6 Å². The molecule has 2 rings (SSSR count). The number of anilines is 1. The van der Waals surface area contributed by atoms with Crippen molar-refractivity contribution in [3.05, 3.63) is 29.8 Å². The normalized spacial score (nSPS) is 15.9. The number of carbonyl (C=O) groups is 1. The monoisotopic (exact) mass is 260 g/mol. The van der Waals surface area contributed by atoms with Crippen molar-refractivity contribution in [2.45, 2.75) is 45.6 Å². The van der Waals surface area contributed by atoms with Crippen LogP contribution < -0.4 is 10.6 Å².